The first kappa shape index (κ1) is 12.0. The monoisotopic (exact) mass is 304 g/mol. The number of aromatic nitrogens is 1. The third-order valence-electron chi connectivity index (χ3n) is 3.78. The molecule has 1 aliphatic rings. The molecule has 2 N–H and O–H groups in total. The fourth-order valence-corrected chi connectivity index (χ4v) is 2.99. The van der Waals surface area contributed by atoms with Crippen LogP contribution in [0.15, 0.2) is 34.9 Å². The van der Waals surface area contributed by atoms with E-state index in [9.17, 15) is 0 Å². The van der Waals surface area contributed by atoms with E-state index in [4.69, 9.17) is 5.73 Å². The molecule has 1 atom stereocenters. The van der Waals surface area contributed by atoms with Gasteiger partial charge in [0.25, 0.3) is 0 Å². The lowest BCUT2D eigenvalue weighted by molar-refractivity contribution is 0.560. The molecule has 1 unspecified atom stereocenters. The van der Waals surface area contributed by atoms with Crippen molar-refractivity contribution in [2.45, 2.75) is 32.2 Å². The van der Waals surface area contributed by atoms with Gasteiger partial charge in [-0.25, -0.2) is 0 Å². The van der Waals surface area contributed by atoms with E-state index in [1.165, 1.54) is 28.9 Å². The minimum atomic E-state index is 0.214. The number of hydrogen-bond acceptors (Lipinski definition) is 1. The number of nitrogens with two attached hydrogens (primary N) is 1. The first-order valence-corrected chi connectivity index (χ1v) is 7.18. The van der Waals surface area contributed by atoms with Crippen LogP contribution in [-0.2, 0) is 6.42 Å². The Morgan fingerprint density at radius 3 is 2.94 bits per heavy atom. The van der Waals surface area contributed by atoms with Crippen molar-refractivity contribution in [1.29, 1.82) is 0 Å². The van der Waals surface area contributed by atoms with E-state index in [1.54, 1.807) is 0 Å². The second kappa shape index (κ2) is 4.56. The molecule has 1 aromatic heterocycles. The van der Waals surface area contributed by atoms with E-state index < -0.39 is 0 Å². The van der Waals surface area contributed by atoms with Gasteiger partial charge in [0.1, 0.15) is 0 Å². The molecule has 0 saturated heterocycles. The number of aryl methyl sites for hydroxylation is 1. The van der Waals surface area contributed by atoms with Gasteiger partial charge in [-0.15, -0.1) is 0 Å². The lowest BCUT2D eigenvalue weighted by atomic mass is 9.93. The number of rotatable bonds is 1. The first-order valence-electron chi connectivity index (χ1n) is 6.39. The number of halogens is 1. The van der Waals surface area contributed by atoms with Crippen LogP contribution in [0.5, 0.6) is 0 Å². The van der Waals surface area contributed by atoms with Crippen molar-refractivity contribution >= 4 is 15.9 Å². The van der Waals surface area contributed by atoms with E-state index >= 15 is 0 Å². The molecule has 0 bridgehead atoms. The summed E-state index contributed by atoms with van der Waals surface area (Å²) in [7, 11) is 0. The van der Waals surface area contributed by atoms with Crippen molar-refractivity contribution in [3.8, 4) is 5.69 Å². The fraction of sp³-hybridized carbons (Fsp3) is 0.333. The normalized spacial score (nSPS) is 18.7. The van der Waals surface area contributed by atoms with Gasteiger partial charge >= 0.3 is 0 Å². The highest BCUT2D eigenvalue weighted by Gasteiger charge is 2.20. The molecule has 3 rings (SSSR count). The first-order chi connectivity index (χ1) is 8.66. The van der Waals surface area contributed by atoms with E-state index in [1.807, 2.05) is 0 Å². The maximum absolute atomic E-state index is 6.17. The van der Waals surface area contributed by atoms with Crippen molar-refractivity contribution in [2.24, 2.45) is 5.73 Å². The summed E-state index contributed by atoms with van der Waals surface area (Å²) in [5.74, 6) is 0. The minimum Gasteiger partial charge on any atom is -0.324 e. The van der Waals surface area contributed by atoms with Gasteiger partial charge in [0.15, 0.2) is 0 Å². The zero-order chi connectivity index (χ0) is 12.7. The quantitative estimate of drug-likeness (QED) is 0.851. The summed E-state index contributed by atoms with van der Waals surface area (Å²) in [5.41, 5.74) is 11.4. The number of benzene rings is 1. The van der Waals surface area contributed by atoms with Crippen molar-refractivity contribution in [3.05, 3.63) is 51.8 Å². The molecule has 1 heterocycles. The van der Waals surface area contributed by atoms with E-state index in [-0.39, 0.29) is 6.04 Å². The molecule has 94 valence electrons. The molecule has 0 amide bonds. The SMILES string of the molecule is Cc1cc(-n2ccc3c2CCCC3N)ccc1Br. The van der Waals surface area contributed by atoms with Crippen LogP contribution in [0, 0.1) is 6.92 Å². The maximum atomic E-state index is 6.17. The Morgan fingerprint density at radius 1 is 1.33 bits per heavy atom. The van der Waals surface area contributed by atoms with Crippen molar-refractivity contribution < 1.29 is 0 Å². The van der Waals surface area contributed by atoms with Gasteiger partial charge in [-0.1, -0.05) is 15.9 Å². The average Bonchev–Trinajstić information content (AvgIpc) is 2.78. The Hall–Kier alpha value is -1.06. The summed E-state index contributed by atoms with van der Waals surface area (Å²) in [6.07, 6.45) is 5.58. The molecule has 18 heavy (non-hydrogen) atoms. The second-order valence-corrected chi connectivity index (χ2v) is 5.87. The average molecular weight is 305 g/mol. The minimum absolute atomic E-state index is 0.214. The highest BCUT2D eigenvalue weighted by Crippen LogP contribution is 2.31. The Kier molecular flexibility index (Phi) is 3.04. The second-order valence-electron chi connectivity index (χ2n) is 5.02. The standard InChI is InChI=1S/C15H17BrN2/c1-10-9-11(5-6-13(10)16)18-8-7-12-14(17)3-2-4-15(12)18/h5-9,14H,2-4,17H2,1H3. The summed E-state index contributed by atoms with van der Waals surface area (Å²) < 4.78 is 3.44. The Labute approximate surface area is 116 Å². The number of nitrogens with zero attached hydrogens (tertiary/aromatic N) is 1. The molecule has 0 fully saturated rings. The van der Waals surface area contributed by atoms with Gasteiger partial charge < -0.3 is 10.3 Å². The third-order valence-corrected chi connectivity index (χ3v) is 4.66. The molecule has 1 aromatic carbocycles. The van der Waals surface area contributed by atoms with Crippen LogP contribution in [0.2, 0.25) is 0 Å². The van der Waals surface area contributed by atoms with Crippen LogP contribution >= 0.6 is 15.9 Å². The van der Waals surface area contributed by atoms with Gasteiger partial charge in [0.05, 0.1) is 0 Å². The van der Waals surface area contributed by atoms with Crippen LogP contribution in [0.1, 0.15) is 35.7 Å². The highest BCUT2D eigenvalue weighted by molar-refractivity contribution is 9.10. The topological polar surface area (TPSA) is 30.9 Å². The van der Waals surface area contributed by atoms with E-state index in [0.29, 0.717) is 0 Å². The highest BCUT2D eigenvalue weighted by atomic mass is 79.9. The summed E-state index contributed by atoms with van der Waals surface area (Å²) in [6, 6.07) is 8.87. The number of hydrogen-bond donors (Lipinski definition) is 1. The summed E-state index contributed by atoms with van der Waals surface area (Å²) in [4.78, 5) is 0. The fourth-order valence-electron chi connectivity index (χ4n) is 2.75. The molecule has 3 heteroatoms. The van der Waals surface area contributed by atoms with E-state index in [0.717, 1.165) is 17.3 Å². The van der Waals surface area contributed by atoms with Gasteiger partial charge in [-0.3, -0.25) is 0 Å². The van der Waals surface area contributed by atoms with E-state index in [2.05, 4.69) is 57.9 Å². The van der Waals surface area contributed by atoms with Gasteiger partial charge in [-0.2, -0.15) is 0 Å². The lowest BCUT2D eigenvalue weighted by Crippen LogP contribution is -2.17. The molecule has 0 spiro atoms. The molecule has 0 radical (unpaired) electrons. The number of fused-ring (bicyclic) bond motifs is 1. The smallest absolute Gasteiger partial charge is 0.0455 e. The summed E-state index contributed by atoms with van der Waals surface area (Å²) in [5, 5.41) is 0. The lowest BCUT2D eigenvalue weighted by Gasteiger charge is -2.21. The molecule has 0 saturated carbocycles. The van der Waals surface area contributed by atoms with Gasteiger partial charge in [0.2, 0.25) is 0 Å². The molecule has 0 aliphatic heterocycles. The Bertz CT molecular complexity index is 586. The predicted octanol–water partition coefficient (Wildman–Crippen LogP) is 3.88. The molecular weight excluding hydrogens is 288 g/mol. The zero-order valence-electron chi connectivity index (χ0n) is 10.5. The van der Waals surface area contributed by atoms with Crippen LogP contribution in [0.25, 0.3) is 5.69 Å². The molecular formula is C15H17BrN2. The van der Waals surface area contributed by atoms with Crippen LogP contribution in [0.3, 0.4) is 0 Å². The Morgan fingerprint density at radius 2 is 2.17 bits per heavy atom. The van der Waals surface area contributed by atoms with Crippen LogP contribution in [-0.4, -0.2) is 4.57 Å². The van der Waals surface area contributed by atoms with Crippen LogP contribution < -0.4 is 5.73 Å². The summed E-state index contributed by atoms with van der Waals surface area (Å²) in [6.45, 7) is 2.12. The van der Waals surface area contributed by atoms with Crippen molar-refractivity contribution in [3.63, 3.8) is 0 Å². The van der Waals surface area contributed by atoms with Gasteiger partial charge in [0, 0.05) is 28.1 Å². The molecule has 2 aromatic rings. The maximum Gasteiger partial charge on any atom is 0.0455 e. The largest absolute Gasteiger partial charge is 0.324 e. The Balaban J connectivity index is 2.09. The molecule has 2 nitrogen and oxygen atoms in total. The van der Waals surface area contributed by atoms with Crippen LogP contribution in [0.4, 0.5) is 0 Å². The third kappa shape index (κ3) is 1.91. The predicted molar refractivity (Wildman–Crippen MR) is 78.1 cm³/mol. The molecule has 1 aliphatic carbocycles. The van der Waals surface area contributed by atoms with Gasteiger partial charge in [-0.05, 0) is 61.6 Å². The zero-order valence-corrected chi connectivity index (χ0v) is 12.1. The van der Waals surface area contributed by atoms with Crippen molar-refractivity contribution in [2.75, 3.05) is 0 Å². The van der Waals surface area contributed by atoms with Crippen molar-refractivity contribution in [1.82, 2.24) is 4.57 Å². The summed E-state index contributed by atoms with van der Waals surface area (Å²) >= 11 is 3.55.